The molecule has 0 fully saturated rings. The molecule has 0 aliphatic carbocycles. The highest BCUT2D eigenvalue weighted by molar-refractivity contribution is 5.96. The third kappa shape index (κ3) is 3.78. The maximum atomic E-state index is 13.0. The van der Waals surface area contributed by atoms with Crippen LogP contribution >= 0.6 is 0 Å². The molecule has 1 aromatic heterocycles. The first-order chi connectivity index (χ1) is 10.5. The molecule has 1 N–H and O–H groups in total. The van der Waals surface area contributed by atoms with Crippen LogP contribution in [0.2, 0.25) is 0 Å². The second-order valence-electron chi connectivity index (χ2n) is 4.46. The minimum Gasteiger partial charge on any atom is -0.618 e. The fourth-order valence-electron chi connectivity index (χ4n) is 1.67. The number of rotatable bonds is 4. The van der Waals surface area contributed by atoms with Gasteiger partial charge in [0.1, 0.15) is 5.82 Å². The number of ether oxygens (including phenoxy) is 1. The molecule has 2 rings (SSSR count). The van der Waals surface area contributed by atoms with Crippen molar-refractivity contribution >= 4 is 17.6 Å². The Morgan fingerprint density at radius 2 is 2.05 bits per heavy atom. The fraction of sp³-hybridized carbons (Fsp3) is 0.133. The van der Waals surface area contributed by atoms with Gasteiger partial charge in [0.05, 0.1) is 0 Å². The molecule has 0 spiro atoms. The Balaban J connectivity index is 1.99. The molecule has 0 unspecified atom stereocenters. The molecular formula is C15H13FN2O4. The molecule has 0 aliphatic heterocycles. The van der Waals surface area contributed by atoms with Crippen LogP contribution in [0, 0.1) is 11.0 Å². The van der Waals surface area contributed by atoms with Crippen molar-refractivity contribution in [2.45, 2.75) is 13.0 Å². The molecule has 114 valence electrons. The van der Waals surface area contributed by atoms with E-state index in [0.717, 1.165) is 12.3 Å². The number of anilines is 1. The summed E-state index contributed by atoms with van der Waals surface area (Å²) in [6.45, 7) is 1.35. The quantitative estimate of drug-likeness (QED) is 0.529. The molecule has 1 aromatic carbocycles. The van der Waals surface area contributed by atoms with Gasteiger partial charge in [0.15, 0.2) is 12.3 Å². The molecule has 22 heavy (non-hydrogen) atoms. The van der Waals surface area contributed by atoms with Crippen molar-refractivity contribution in [2.24, 2.45) is 0 Å². The number of esters is 1. The number of hydrogen-bond acceptors (Lipinski definition) is 4. The maximum absolute atomic E-state index is 13.0. The Labute approximate surface area is 125 Å². The second kappa shape index (κ2) is 6.66. The molecule has 0 aliphatic rings. The lowest BCUT2D eigenvalue weighted by Gasteiger charge is -2.13. The normalized spacial score (nSPS) is 11.5. The van der Waals surface area contributed by atoms with Crippen molar-refractivity contribution in [1.29, 1.82) is 0 Å². The summed E-state index contributed by atoms with van der Waals surface area (Å²) in [5, 5.41) is 13.8. The molecular weight excluding hydrogens is 291 g/mol. The molecule has 6 nitrogen and oxygen atoms in total. The second-order valence-corrected chi connectivity index (χ2v) is 4.46. The Kier molecular flexibility index (Phi) is 4.67. The smallest absolute Gasteiger partial charge is 0.405 e. The van der Waals surface area contributed by atoms with Gasteiger partial charge in [0, 0.05) is 17.8 Å². The van der Waals surface area contributed by atoms with Crippen LogP contribution in [0.25, 0.3) is 0 Å². The van der Waals surface area contributed by atoms with Crippen LogP contribution in [-0.4, -0.2) is 18.0 Å². The van der Waals surface area contributed by atoms with Gasteiger partial charge in [-0.15, -0.1) is 0 Å². The summed E-state index contributed by atoms with van der Waals surface area (Å²) < 4.78 is 18.3. The van der Waals surface area contributed by atoms with Crippen molar-refractivity contribution in [3.63, 3.8) is 0 Å². The summed E-state index contributed by atoms with van der Waals surface area (Å²) in [6, 6.07) is 9.56. The lowest BCUT2D eigenvalue weighted by molar-refractivity contribution is -0.608. The van der Waals surface area contributed by atoms with Gasteiger partial charge in [-0.2, -0.15) is 4.73 Å². The lowest BCUT2D eigenvalue weighted by atomic mass is 10.3. The molecule has 1 atom stereocenters. The molecule has 0 saturated heterocycles. The minimum atomic E-state index is -1.14. The van der Waals surface area contributed by atoms with E-state index in [-0.39, 0.29) is 11.4 Å². The third-order valence-corrected chi connectivity index (χ3v) is 2.78. The first-order valence-corrected chi connectivity index (χ1v) is 6.43. The van der Waals surface area contributed by atoms with Gasteiger partial charge in [-0.05, 0) is 31.2 Å². The van der Waals surface area contributed by atoms with E-state index in [2.05, 4.69) is 5.32 Å². The van der Waals surface area contributed by atoms with Crippen molar-refractivity contribution < 1.29 is 23.4 Å². The van der Waals surface area contributed by atoms with Crippen molar-refractivity contribution in [2.75, 3.05) is 5.32 Å². The number of aromatic nitrogens is 1. The van der Waals surface area contributed by atoms with Gasteiger partial charge in [0.2, 0.25) is 0 Å². The molecule has 1 amide bonds. The minimum absolute atomic E-state index is 0.229. The average molecular weight is 304 g/mol. The summed E-state index contributed by atoms with van der Waals surface area (Å²) in [6.07, 6.45) is 0.00428. The van der Waals surface area contributed by atoms with E-state index in [9.17, 15) is 19.2 Å². The summed E-state index contributed by atoms with van der Waals surface area (Å²) in [4.78, 5) is 23.7. The number of pyridine rings is 1. The maximum Gasteiger partial charge on any atom is 0.405 e. The zero-order chi connectivity index (χ0) is 16.1. The first kappa shape index (κ1) is 15.4. The SMILES string of the molecule is C[C@@H](OC(=O)c1cccc[n+]1[O-])C(=O)Nc1cccc(F)c1. The number of hydrogen-bond donors (Lipinski definition) is 1. The van der Waals surface area contributed by atoms with Gasteiger partial charge in [-0.25, -0.2) is 9.18 Å². The van der Waals surface area contributed by atoms with Crippen molar-refractivity contribution in [1.82, 2.24) is 0 Å². The van der Waals surface area contributed by atoms with Crippen molar-refractivity contribution in [3.8, 4) is 0 Å². The molecule has 2 aromatic rings. The molecule has 7 heteroatoms. The van der Waals surface area contributed by atoms with E-state index in [4.69, 9.17) is 4.74 Å². The van der Waals surface area contributed by atoms with Crippen LogP contribution in [0.3, 0.4) is 0 Å². The molecule has 0 radical (unpaired) electrons. The van der Waals surface area contributed by atoms with Gasteiger partial charge < -0.3 is 15.3 Å². The van der Waals surface area contributed by atoms with E-state index in [1.807, 2.05) is 0 Å². The topological polar surface area (TPSA) is 82.3 Å². The predicted octanol–water partition coefficient (Wildman–Crippen LogP) is 1.64. The number of benzene rings is 1. The highest BCUT2D eigenvalue weighted by Gasteiger charge is 2.23. The summed E-state index contributed by atoms with van der Waals surface area (Å²) >= 11 is 0. The number of carbonyl (C=O) groups excluding carboxylic acids is 2. The number of nitrogens with one attached hydrogen (secondary N) is 1. The Bertz CT molecular complexity index is 705. The van der Waals surface area contributed by atoms with Crippen LogP contribution in [0.4, 0.5) is 10.1 Å². The van der Waals surface area contributed by atoms with Gasteiger partial charge in [-0.3, -0.25) is 4.79 Å². The van der Waals surface area contributed by atoms with E-state index >= 15 is 0 Å². The number of carbonyl (C=O) groups is 2. The van der Waals surface area contributed by atoms with E-state index < -0.39 is 23.8 Å². The summed E-state index contributed by atoms with van der Waals surface area (Å²) in [5.74, 6) is -2.05. The third-order valence-electron chi connectivity index (χ3n) is 2.78. The number of amides is 1. The van der Waals surface area contributed by atoms with Crippen LogP contribution in [0.5, 0.6) is 0 Å². The summed E-state index contributed by atoms with van der Waals surface area (Å²) in [7, 11) is 0. The largest absolute Gasteiger partial charge is 0.618 e. The van der Waals surface area contributed by atoms with E-state index in [0.29, 0.717) is 4.73 Å². The fourth-order valence-corrected chi connectivity index (χ4v) is 1.67. The predicted molar refractivity (Wildman–Crippen MR) is 75.3 cm³/mol. The van der Waals surface area contributed by atoms with Crippen LogP contribution in [-0.2, 0) is 9.53 Å². The molecule has 1 heterocycles. The van der Waals surface area contributed by atoms with E-state index in [1.54, 1.807) is 0 Å². The highest BCUT2D eigenvalue weighted by Crippen LogP contribution is 2.10. The first-order valence-electron chi connectivity index (χ1n) is 6.43. The molecule has 0 bridgehead atoms. The Morgan fingerprint density at radius 1 is 1.27 bits per heavy atom. The average Bonchev–Trinajstić information content (AvgIpc) is 2.47. The van der Waals surface area contributed by atoms with Crippen molar-refractivity contribution in [3.05, 3.63) is 65.4 Å². The van der Waals surface area contributed by atoms with Crippen LogP contribution in [0.15, 0.2) is 48.7 Å². The van der Waals surface area contributed by atoms with Crippen LogP contribution in [0.1, 0.15) is 17.4 Å². The lowest BCUT2D eigenvalue weighted by Crippen LogP contribution is -2.37. The van der Waals surface area contributed by atoms with Crippen LogP contribution < -0.4 is 10.0 Å². The monoisotopic (exact) mass is 304 g/mol. The van der Waals surface area contributed by atoms with Gasteiger partial charge in [0.25, 0.3) is 5.91 Å². The highest BCUT2D eigenvalue weighted by atomic mass is 19.1. The zero-order valence-electron chi connectivity index (χ0n) is 11.7. The number of halogens is 1. The Hall–Kier alpha value is -2.96. The molecule has 0 saturated carbocycles. The number of nitrogens with zero attached hydrogens (tertiary/aromatic N) is 1. The Morgan fingerprint density at radius 3 is 2.73 bits per heavy atom. The van der Waals surface area contributed by atoms with E-state index in [1.165, 1.54) is 43.3 Å². The zero-order valence-corrected chi connectivity index (χ0v) is 11.7. The van der Waals surface area contributed by atoms with Gasteiger partial charge in [-0.1, -0.05) is 6.07 Å². The van der Waals surface area contributed by atoms with Gasteiger partial charge >= 0.3 is 11.7 Å². The summed E-state index contributed by atoms with van der Waals surface area (Å²) in [5.41, 5.74) is 0.0133. The standard InChI is InChI=1S/C15H13FN2O4/c1-10(14(19)17-12-6-4-5-11(16)9-12)22-15(20)13-7-2-3-8-18(13)21/h2-10H,1H3,(H,17,19)/t10-/m1/s1.